The summed E-state index contributed by atoms with van der Waals surface area (Å²) in [6.45, 7) is 10.9. The highest BCUT2D eigenvalue weighted by Gasteiger charge is 2.24. The maximum atomic E-state index is 10.2. The molecule has 1 aliphatic rings. The van der Waals surface area contributed by atoms with E-state index in [0.717, 1.165) is 48.4 Å². The summed E-state index contributed by atoms with van der Waals surface area (Å²) < 4.78 is 2.09. The minimum absolute atomic E-state index is 0.416. The van der Waals surface area contributed by atoms with Gasteiger partial charge in [-0.15, -0.1) is 0 Å². The molecule has 130 valence electrons. The number of phenols is 1. The molecule has 0 spiro atoms. The summed E-state index contributed by atoms with van der Waals surface area (Å²) in [6.07, 6.45) is 0. The monoisotopic (exact) mass is 543 g/mol. The Bertz CT molecular complexity index is 517. The normalized spacial score (nSPS) is 18.5. The van der Waals surface area contributed by atoms with Gasteiger partial charge >= 0.3 is 0 Å². The predicted octanol–water partition coefficient (Wildman–Crippen LogP) is 2.96. The summed E-state index contributed by atoms with van der Waals surface area (Å²) in [4.78, 5) is 5.00. The van der Waals surface area contributed by atoms with Gasteiger partial charge in [0.1, 0.15) is 5.75 Å². The molecule has 6 heteroatoms. The van der Waals surface area contributed by atoms with E-state index in [0.29, 0.717) is 17.7 Å². The van der Waals surface area contributed by atoms with Crippen molar-refractivity contribution in [1.82, 2.24) is 15.1 Å². The van der Waals surface area contributed by atoms with Gasteiger partial charge < -0.3 is 15.3 Å². The first-order chi connectivity index (χ1) is 10.9. The van der Waals surface area contributed by atoms with Crippen LogP contribution in [-0.4, -0.2) is 60.7 Å². The third-order valence-corrected chi connectivity index (χ3v) is 6.00. The van der Waals surface area contributed by atoms with Crippen molar-refractivity contribution in [2.45, 2.75) is 26.4 Å². The molecule has 1 fully saturated rings. The zero-order valence-corrected chi connectivity index (χ0v) is 18.5. The zero-order chi connectivity index (χ0) is 17.0. The summed E-state index contributed by atoms with van der Waals surface area (Å²) in [7, 11) is 2.20. The Kier molecular flexibility index (Phi) is 7.84. The Morgan fingerprint density at radius 2 is 1.83 bits per heavy atom. The Morgan fingerprint density at radius 3 is 2.43 bits per heavy atom. The molecule has 23 heavy (non-hydrogen) atoms. The number of halogens is 2. The van der Waals surface area contributed by atoms with Crippen LogP contribution in [0.5, 0.6) is 5.75 Å². The lowest BCUT2D eigenvalue weighted by molar-refractivity contribution is 0.0875. The van der Waals surface area contributed by atoms with Crippen LogP contribution in [0.2, 0.25) is 0 Å². The van der Waals surface area contributed by atoms with E-state index in [1.165, 1.54) is 3.57 Å². The highest BCUT2D eigenvalue weighted by atomic mass is 127. The van der Waals surface area contributed by atoms with Gasteiger partial charge in [-0.25, -0.2) is 0 Å². The lowest BCUT2D eigenvalue weighted by Gasteiger charge is -2.40. The molecule has 1 saturated heterocycles. The number of aromatic hydroxyl groups is 1. The molecular formula is C17H27I2N3O. The van der Waals surface area contributed by atoms with E-state index in [-0.39, 0.29) is 0 Å². The number of hydrogen-bond donors (Lipinski definition) is 2. The fourth-order valence-electron chi connectivity index (χ4n) is 3.05. The van der Waals surface area contributed by atoms with Gasteiger partial charge in [0.15, 0.2) is 0 Å². The maximum Gasteiger partial charge on any atom is 0.133 e. The van der Waals surface area contributed by atoms with Crippen molar-refractivity contribution < 1.29 is 5.11 Å². The standard InChI is InChI=1S/C17H27I2N3O/c1-12(2)16(22-6-4-21(3)5-7-22)11-20-10-13-8-14(18)9-15(19)17(13)23/h8-9,12,16,20,23H,4-7,10-11H2,1-3H3/t16-/m0/s1. The minimum atomic E-state index is 0.416. The lowest BCUT2D eigenvalue weighted by Crippen LogP contribution is -2.53. The van der Waals surface area contributed by atoms with Crippen molar-refractivity contribution in [2.24, 2.45) is 5.92 Å². The second kappa shape index (κ2) is 9.17. The second-order valence-corrected chi connectivity index (χ2v) is 9.08. The molecule has 4 nitrogen and oxygen atoms in total. The molecular weight excluding hydrogens is 516 g/mol. The largest absolute Gasteiger partial charge is 0.507 e. The van der Waals surface area contributed by atoms with Gasteiger partial charge in [-0.3, -0.25) is 4.90 Å². The van der Waals surface area contributed by atoms with Crippen LogP contribution in [0.15, 0.2) is 12.1 Å². The van der Waals surface area contributed by atoms with E-state index in [2.05, 4.69) is 87.3 Å². The third-order valence-electron chi connectivity index (χ3n) is 4.55. The summed E-state index contributed by atoms with van der Waals surface area (Å²) in [5, 5.41) is 13.8. The van der Waals surface area contributed by atoms with E-state index >= 15 is 0 Å². The Labute approximate surface area is 167 Å². The van der Waals surface area contributed by atoms with E-state index in [1.807, 2.05) is 6.07 Å². The van der Waals surface area contributed by atoms with Gasteiger partial charge in [-0.05, 0) is 70.3 Å². The maximum absolute atomic E-state index is 10.2. The lowest BCUT2D eigenvalue weighted by atomic mass is 10.0. The van der Waals surface area contributed by atoms with Crippen LogP contribution in [0.1, 0.15) is 19.4 Å². The van der Waals surface area contributed by atoms with Gasteiger partial charge in [0, 0.05) is 54.4 Å². The van der Waals surface area contributed by atoms with Crippen LogP contribution in [-0.2, 0) is 6.54 Å². The molecule has 0 saturated carbocycles. The molecule has 1 aromatic rings. The molecule has 0 bridgehead atoms. The second-order valence-electron chi connectivity index (χ2n) is 6.68. The summed E-state index contributed by atoms with van der Waals surface area (Å²) in [6, 6.07) is 4.61. The molecule has 1 aromatic carbocycles. The Hall–Kier alpha value is 0.360. The van der Waals surface area contributed by atoms with Gasteiger partial charge in [0.2, 0.25) is 0 Å². The number of nitrogens with zero attached hydrogens (tertiary/aromatic N) is 2. The number of rotatable bonds is 6. The number of nitrogens with one attached hydrogen (secondary N) is 1. The van der Waals surface area contributed by atoms with Crippen molar-refractivity contribution in [2.75, 3.05) is 39.8 Å². The first-order valence-electron chi connectivity index (χ1n) is 8.18. The van der Waals surface area contributed by atoms with Crippen molar-refractivity contribution in [3.63, 3.8) is 0 Å². The smallest absolute Gasteiger partial charge is 0.133 e. The Morgan fingerprint density at radius 1 is 1.17 bits per heavy atom. The number of hydrogen-bond acceptors (Lipinski definition) is 4. The van der Waals surface area contributed by atoms with Gasteiger partial charge in [0.25, 0.3) is 0 Å². The molecule has 2 rings (SSSR count). The molecule has 0 unspecified atom stereocenters. The van der Waals surface area contributed by atoms with E-state index in [4.69, 9.17) is 0 Å². The van der Waals surface area contributed by atoms with Gasteiger partial charge in [-0.1, -0.05) is 13.8 Å². The summed E-state index contributed by atoms with van der Waals surface area (Å²) in [5.41, 5.74) is 0.988. The topological polar surface area (TPSA) is 38.7 Å². The number of likely N-dealkylation sites (N-methyl/N-ethyl adjacent to an activating group) is 1. The van der Waals surface area contributed by atoms with E-state index < -0.39 is 0 Å². The van der Waals surface area contributed by atoms with Crippen LogP contribution in [0.25, 0.3) is 0 Å². The zero-order valence-electron chi connectivity index (χ0n) is 14.1. The van der Waals surface area contributed by atoms with Crippen molar-refractivity contribution in [3.8, 4) is 5.75 Å². The molecule has 0 aromatic heterocycles. The van der Waals surface area contributed by atoms with Crippen LogP contribution in [0, 0.1) is 13.1 Å². The quantitative estimate of drug-likeness (QED) is 0.542. The summed E-state index contributed by atoms with van der Waals surface area (Å²) >= 11 is 4.50. The average Bonchev–Trinajstić information content (AvgIpc) is 2.49. The van der Waals surface area contributed by atoms with Crippen LogP contribution >= 0.6 is 45.2 Å². The molecule has 0 radical (unpaired) electrons. The molecule has 2 N–H and O–H groups in total. The molecule has 1 aliphatic heterocycles. The average molecular weight is 543 g/mol. The SMILES string of the molecule is CC(C)[C@H](CNCc1cc(I)cc(I)c1O)N1CCN(C)CC1. The van der Waals surface area contributed by atoms with Gasteiger partial charge in [0.05, 0.1) is 3.57 Å². The van der Waals surface area contributed by atoms with Gasteiger partial charge in [-0.2, -0.15) is 0 Å². The fourth-order valence-corrected chi connectivity index (χ4v) is 5.01. The fraction of sp³-hybridized carbons (Fsp3) is 0.647. The van der Waals surface area contributed by atoms with E-state index in [9.17, 15) is 5.11 Å². The third kappa shape index (κ3) is 5.69. The van der Waals surface area contributed by atoms with Crippen molar-refractivity contribution in [1.29, 1.82) is 0 Å². The highest BCUT2D eigenvalue weighted by Crippen LogP contribution is 2.27. The predicted molar refractivity (Wildman–Crippen MR) is 113 cm³/mol. The minimum Gasteiger partial charge on any atom is -0.507 e. The number of phenolic OH excluding ortho intramolecular Hbond substituents is 1. The molecule has 1 heterocycles. The van der Waals surface area contributed by atoms with Crippen LogP contribution in [0.4, 0.5) is 0 Å². The van der Waals surface area contributed by atoms with Crippen molar-refractivity contribution >= 4 is 45.2 Å². The van der Waals surface area contributed by atoms with Crippen LogP contribution < -0.4 is 5.32 Å². The van der Waals surface area contributed by atoms with Crippen LogP contribution in [0.3, 0.4) is 0 Å². The Balaban J connectivity index is 1.92. The summed E-state index contributed by atoms with van der Waals surface area (Å²) in [5.74, 6) is 1.04. The number of piperazine rings is 1. The molecule has 1 atom stereocenters. The first kappa shape index (κ1) is 19.7. The molecule has 0 aliphatic carbocycles. The first-order valence-corrected chi connectivity index (χ1v) is 10.3. The highest BCUT2D eigenvalue weighted by molar-refractivity contribution is 14.1. The number of benzene rings is 1. The van der Waals surface area contributed by atoms with Crippen molar-refractivity contribution in [3.05, 3.63) is 24.8 Å². The van der Waals surface area contributed by atoms with E-state index in [1.54, 1.807) is 0 Å². The molecule has 0 amide bonds.